The number of carbonyl (C=O) groups is 1. The van der Waals surface area contributed by atoms with Crippen molar-refractivity contribution in [3.63, 3.8) is 0 Å². The third-order valence-corrected chi connectivity index (χ3v) is 4.86. The molecule has 14 heavy (non-hydrogen) atoms. The number of amides is 1. The highest BCUT2D eigenvalue weighted by atomic mass is 32.2. The van der Waals surface area contributed by atoms with Crippen molar-refractivity contribution >= 4 is 15.7 Å². The molecule has 0 radical (unpaired) electrons. The Bertz CT molecular complexity index is 304. The maximum Gasteiger partial charge on any atom is 0.238 e. The fourth-order valence-electron chi connectivity index (χ4n) is 0.799. The first-order chi connectivity index (χ1) is 6.11. The van der Waals surface area contributed by atoms with Crippen LogP contribution in [-0.4, -0.2) is 24.8 Å². The molecule has 4 nitrogen and oxygen atoms in total. The van der Waals surface area contributed by atoms with E-state index in [4.69, 9.17) is 5.73 Å². The third kappa shape index (κ3) is 2.97. The molecule has 0 rings (SSSR count). The van der Waals surface area contributed by atoms with Crippen molar-refractivity contribution in [3.8, 4) is 0 Å². The lowest BCUT2D eigenvalue weighted by Crippen LogP contribution is -2.46. The first-order valence-corrected chi connectivity index (χ1v) is 6.28. The summed E-state index contributed by atoms with van der Waals surface area (Å²) in [7, 11) is -3.43. The minimum Gasteiger partial charge on any atom is -0.368 e. The summed E-state index contributed by atoms with van der Waals surface area (Å²) in [6, 6.07) is 0. The number of hydrogen-bond donors (Lipinski definition) is 1. The Morgan fingerprint density at radius 3 is 2.07 bits per heavy atom. The maximum absolute atomic E-state index is 11.7. The molecule has 0 saturated carbocycles. The summed E-state index contributed by atoms with van der Waals surface area (Å²) in [5, 5.41) is 0. The molecule has 0 saturated heterocycles. The average molecular weight is 221 g/mol. The summed E-state index contributed by atoms with van der Waals surface area (Å²) in [6.45, 7) is 6.58. The van der Waals surface area contributed by atoms with Crippen molar-refractivity contribution in [1.82, 2.24) is 0 Å². The number of nitrogens with two attached hydrogens (primary N) is 1. The molecule has 0 aromatic rings. The lowest BCUT2D eigenvalue weighted by atomic mass is 10.2. The highest BCUT2D eigenvalue weighted by Crippen LogP contribution is 2.18. The zero-order chi connectivity index (χ0) is 11.6. The average Bonchev–Trinajstić information content (AvgIpc) is 2.00. The largest absolute Gasteiger partial charge is 0.368 e. The molecule has 84 valence electrons. The van der Waals surface area contributed by atoms with Gasteiger partial charge >= 0.3 is 0 Å². The second-order valence-electron chi connectivity index (χ2n) is 4.38. The first-order valence-electron chi connectivity index (χ1n) is 4.63. The Kier molecular flexibility index (Phi) is 4.12. The van der Waals surface area contributed by atoms with Gasteiger partial charge in [-0.15, -0.1) is 0 Å². The molecular formula is C9H19NO3S. The zero-order valence-corrected chi connectivity index (χ0v) is 10.0. The third-order valence-electron chi connectivity index (χ3n) is 2.33. The van der Waals surface area contributed by atoms with Gasteiger partial charge in [0, 0.05) is 0 Å². The quantitative estimate of drug-likeness (QED) is 0.742. The number of primary amides is 1. The van der Waals surface area contributed by atoms with Crippen molar-refractivity contribution in [2.45, 2.75) is 38.9 Å². The number of hydrogen-bond acceptors (Lipinski definition) is 3. The van der Waals surface area contributed by atoms with Crippen molar-refractivity contribution in [1.29, 1.82) is 0 Å². The molecule has 0 atom stereocenters. The molecule has 0 aliphatic heterocycles. The Hall–Kier alpha value is -0.580. The van der Waals surface area contributed by atoms with Crippen LogP contribution in [0.5, 0.6) is 0 Å². The number of rotatable bonds is 5. The molecule has 5 heteroatoms. The first kappa shape index (κ1) is 13.4. The van der Waals surface area contributed by atoms with Crippen molar-refractivity contribution in [2.75, 3.05) is 5.75 Å². The maximum atomic E-state index is 11.7. The summed E-state index contributed by atoms with van der Waals surface area (Å²) in [4.78, 5) is 11.0. The van der Waals surface area contributed by atoms with Crippen LogP contribution in [0.25, 0.3) is 0 Å². The standard InChI is InChI=1S/C9H19NO3S/c1-7(2)5-6-14(12,13)9(3,4)8(10)11/h7H,5-6H2,1-4H3,(H2,10,11). The minimum absolute atomic E-state index is 0.0145. The van der Waals surface area contributed by atoms with E-state index >= 15 is 0 Å². The van der Waals surface area contributed by atoms with Gasteiger partial charge in [0.25, 0.3) is 0 Å². The van der Waals surface area contributed by atoms with E-state index in [1.54, 1.807) is 0 Å². The summed E-state index contributed by atoms with van der Waals surface area (Å²) in [6.07, 6.45) is 0.555. The van der Waals surface area contributed by atoms with Gasteiger partial charge in [0.2, 0.25) is 5.91 Å². The van der Waals surface area contributed by atoms with E-state index in [0.29, 0.717) is 12.3 Å². The van der Waals surface area contributed by atoms with Crippen LogP contribution in [0.4, 0.5) is 0 Å². The number of carbonyl (C=O) groups excluding carboxylic acids is 1. The van der Waals surface area contributed by atoms with E-state index in [-0.39, 0.29) is 5.75 Å². The lowest BCUT2D eigenvalue weighted by Gasteiger charge is -2.21. The van der Waals surface area contributed by atoms with Gasteiger partial charge in [0.1, 0.15) is 4.75 Å². The fraction of sp³-hybridized carbons (Fsp3) is 0.889. The molecule has 0 aliphatic carbocycles. The Morgan fingerprint density at radius 1 is 1.36 bits per heavy atom. The van der Waals surface area contributed by atoms with Crippen LogP contribution in [0.1, 0.15) is 34.1 Å². The van der Waals surface area contributed by atoms with E-state index in [1.807, 2.05) is 13.8 Å². The van der Waals surface area contributed by atoms with E-state index < -0.39 is 20.5 Å². The van der Waals surface area contributed by atoms with Gasteiger partial charge < -0.3 is 5.73 Å². The second kappa shape index (κ2) is 4.29. The van der Waals surface area contributed by atoms with E-state index in [9.17, 15) is 13.2 Å². The van der Waals surface area contributed by atoms with Gasteiger partial charge in [0.15, 0.2) is 9.84 Å². The summed E-state index contributed by atoms with van der Waals surface area (Å²) < 4.78 is 21.9. The highest BCUT2D eigenvalue weighted by molar-refractivity contribution is 7.93. The summed E-state index contributed by atoms with van der Waals surface area (Å²) in [5.41, 5.74) is 5.04. The molecule has 0 heterocycles. The normalized spacial score (nSPS) is 13.2. The predicted octanol–water partition coefficient (Wildman–Crippen LogP) is 0.711. The molecule has 0 unspecified atom stereocenters. The van der Waals surface area contributed by atoms with Crippen LogP contribution in [0.15, 0.2) is 0 Å². The molecule has 0 fully saturated rings. The summed E-state index contributed by atoms with van der Waals surface area (Å²) in [5.74, 6) is -0.477. The Balaban J connectivity index is 4.71. The van der Waals surface area contributed by atoms with E-state index in [1.165, 1.54) is 13.8 Å². The van der Waals surface area contributed by atoms with Crippen LogP contribution >= 0.6 is 0 Å². The lowest BCUT2D eigenvalue weighted by molar-refractivity contribution is -0.119. The molecule has 1 amide bonds. The van der Waals surface area contributed by atoms with Crippen LogP contribution in [0.2, 0.25) is 0 Å². The van der Waals surface area contributed by atoms with E-state index in [0.717, 1.165) is 0 Å². The molecule has 0 bridgehead atoms. The van der Waals surface area contributed by atoms with Gasteiger partial charge in [0.05, 0.1) is 5.75 Å². The van der Waals surface area contributed by atoms with Crippen LogP contribution in [-0.2, 0) is 14.6 Å². The minimum atomic E-state index is -3.43. The van der Waals surface area contributed by atoms with Crippen LogP contribution in [0, 0.1) is 5.92 Å². The second-order valence-corrected chi connectivity index (χ2v) is 7.03. The monoisotopic (exact) mass is 221 g/mol. The van der Waals surface area contributed by atoms with Gasteiger partial charge in [-0.3, -0.25) is 4.79 Å². The fourth-order valence-corrected chi connectivity index (χ4v) is 2.40. The van der Waals surface area contributed by atoms with E-state index in [2.05, 4.69) is 0 Å². The SMILES string of the molecule is CC(C)CCS(=O)(=O)C(C)(C)C(N)=O. The molecular weight excluding hydrogens is 202 g/mol. The molecule has 0 spiro atoms. The van der Waals surface area contributed by atoms with Gasteiger partial charge in [-0.2, -0.15) is 0 Å². The molecule has 0 aromatic heterocycles. The van der Waals surface area contributed by atoms with Crippen molar-refractivity contribution < 1.29 is 13.2 Å². The van der Waals surface area contributed by atoms with Gasteiger partial charge in [-0.25, -0.2) is 8.42 Å². The topological polar surface area (TPSA) is 77.2 Å². The molecule has 0 aromatic carbocycles. The van der Waals surface area contributed by atoms with Crippen molar-refractivity contribution in [2.24, 2.45) is 11.7 Å². The summed E-state index contributed by atoms with van der Waals surface area (Å²) >= 11 is 0. The van der Waals surface area contributed by atoms with Crippen LogP contribution in [0.3, 0.4) is 0 Å². The zero-order valence-electron chi connectivity index (χ0n) is 9.20. The molecule has 0 aliphatic rings. The Morgan fingerprint density at radius 2 is 1.79 bits per heavy atom. The van der Waals surface area contributed by atoms with Gasteiger partial charge in [-0.1, -0.05) is 13.8 Å². The number of sulfone groups is 1. The molecule has 2 N–H and O–H groups in total. The predicted molar refractivity (Wildman–Crippen MR) is 56.5 cm³/mol. The van der Waals surface area contributed by atoms with Crippen LogP contribution < -0.4 is 5.73 Å². The van der Waals surface area contributed by atoms with Gasteiger partial charge in [-0.05, 0) is 26.2 Å². The Labute approximate surface area is 85.8 Å². The smallest absolute Gasteiger partial charge is 0.238 e. The highest BCUT2D eigenvalue weighted by Gasteiger charge is 2.39. The van der Waals surface area contributed by atoms with Crippen molar-refractivity contribution in [3.05, 3.63) is 0 Å².